The Balaban J connectivity index is 1.31. The van der Waals surface area contributed by atoms with Gasteiger partial charge in [-0.2, -0.15) is 0 Å². The first-order valence-electron chi connectivity index (χ1n) is 11.1. The highest BCUT2D eigenvalue weighted by molar-refractivity contribution is 5.79. The molecule has 6 rings (SSSR count). The number of ether oxygens (including phenoxy) is 2. The fraction of sp³-hybridized carbons (Fsp3) is 0.231. The number of para-hydroxylation sites is 1. The van der Waals surface area contributed by atoms with Gasteiger partial charge in [0.25, 0.3) is 0 Å². The Morgan fingerprint density at radius 3 is 2.94 bits per heavy atom. The maximum Gasteiger partial charge on any atom is 0.306 e. The topological polar surface area (TPSA) is 85.6 Å². The van der Waals surface area contributed by atoms with Crippen LogP contribution in [0.3, 0.4) is 0 Å². The zero-order valence-corrected chi connectivity index (χ0v) is 18.4. The number of carboxylic acids is 1. The van der Waals surface area contributed by atoms with E-state index in [1.54, 1.807) is 6.07 Å². The van der Waals surface area contributed by atoms with Gasteiger partial charge in [-0.3, -0.25) is 9.36 Å². The van der Waals surface area contributed by atoms with E-state index in [0.29, 0.717) is 18.7 Å². The van der Waals surface area contributed by atoms with E-state index in [2.05, 4.69) is 10.3 Å². The van der Waals surface area contributed by atoms with Crippen LogP contribution in [0, 0.1) is 12.7 Å². The minimum absolute atomic E-state index is 0.0430. The molecule has 2 aliphatic rings. The first kappa shape index (κ1) is 20.7. The minimum Gasteiger partial charge on any atom is -0.489 e. The first-order chi connectivity index (χ1) is 16.5. The molecule has 2 N–H and O–H groups in total. The number of imidazole rings is 1. The quantitative estimate of drug-likeness (QED) is 0.434. The number of aliphatic carboxylic acids is 1. The molecule has 2 atom stereocenters. The van der Waals surface area contributed by atoms with Crippen LogP contribution in [0.5, 0.6) is 5.75 Å². The monoisotopic (exact) mass is 459 g/mol. The molecule has 34 heavy (non-hydrogen) atoms. The number of aromatic nitrogens is 2. The second kappa shape index (κ2) is 7.85. The highest BCUT2D eigenvalue weighted by Crippen LogP contribution is 2.41. The van der Waals surface area contributed by atoms with Gasteiger partial charge in [-0.25, -0.2) is 9.37 Å². The third kappa shape index (κ3) is 3.38. The first-order valence-corrected chi connectivity index (χ1v) is 11.1. The van der Waals surface area contributed by atoms with E-state index in [9.17, 15) is 9.18 Å². The second-order valence-electron chi connectivity index (χ2n) is 8.64. The summed E-state index contributed by atoms with van der Waals surface area (Å²) in [4.78, 5) is 15.6. The van der Waals surface area contributed by atoms with Gasteiger partial charge < -0.3 is 19.9 Å². The van der Waals surface area contributed by atoms with Crippen molar-refractivity contribution in [3.63, 3.8) is 0 Å². The van der Waals surface area contributed by atoms with Crippen molar-refractivity contribution in [3.05, 3.63) is 82.9 Å². The molecule has 0 saturated carbocycles. The van der Waals surface area contributed by atoms with Gasteiger partial charge >= 0.3 is 5.97 Å². The van der Waals surface area contributed by atoms with E-state index in [-0.39, 0.29) is 18.3 Å². The molecular weight excluding hydrogens is 437 g/mol. The number of hydrogen-bond donors (Lipinski definition) is 2. The Morgan fingerprint density at radius 1 is 1.21 bits per heavy atom. The smallest absolute Gasteiger partial charge is 0.306 e. The van der Waals surface area contributed by atoms with Gasteiger partial charge in [0.05, 0.1) is 41.9 Å². The summed E-state index contributed by atoms with van der Waals surface area (Å²) in [5.41, 5.74) is 6.09. The van der Waals surface area contributed by atoms with Crippen LogP contribution in [-0.4, -0.2) is 27.2 Å². The Morgan fingerprint density at radius 2 is 2.09 bits per heavy atom. The van der Waals surface area contributed by atoms with Crippen LogP contribution in [0.25, 0.3) is 16.7 Å². The predicted octanol–water partition coefficient (Wildman–Crippen LogP) is 5.06. The number of aryl methyl sites for hydroxylation is 1. The molecule has 0 bridgehead atoms. The number of benzene rings is 3. The number of nitrogens with zero attached hydrogens (tertiary/aromatic N) is 2. The van der Waals surface area contributed by atoms with E-state index in [1.165, 1.54) is 12.1 Å². The van der Waals surface area contributed by atoms with Crippen molar-refractivity contribution in [1.82, 2.24) is 9.55 Å². The van der Waals surface area contributed by atoms with Gasteiger partial charge in [0.15, 0.2) is 0 Å². The number of carbonyl (C=O) groups is 1. The molecule has 0 unspecified atom stereocenters. The zero-order valence-electron chi connectivity index (χ0n) is 18.4. The summed E-state index contributed by atoms with van der Waals surface area (Å²) in [6.45, 7) is 2.74. The average Bonchev–Trinajstić information content (AvgIpc) is 3.48. The molecule has 172 valence electrons. The molecule has 4 aromatic rings. The number of rotatable bonds is 5. The van der Waals surface area contributed by atoms with E-state index in [1.807, 2.05) is 47.9 Å². The van der Waals surface area contributed by atoms with Crippen LogP contribution in [0.1, 0.15) is 41.1 Å². The Hall–Kier alpha value is -3.91. The summed E-state index contributed by atoms with van der Waals surface area (Å²) in [7, 11) is 0. The number of carboxylic acid groups (broad SMARTS) is 1. The SMILES string of the molecule is Cc1nc2ccc(F)cc2n1-c1cccc2c1OC[C@H]2Nc1ccc2c(c1)CO[C@H]2CC(=O)O. The molecule has 1 aromatic heterocycles. The lowest BCUT2D eigenvalue weighted by atomic mass is 10.0. The Labute approximate surface area is 194 Å². The summed E-state index contributed by atoms with van der Waals surface area (Å²) in [6, 6.07) is 16.3. The fourth-order valence-corrected chi connectivity index (χ4v) is 4.94. The van der Waals surface area contributed by atoms with Crippen LogP contribution in [0.15, 0.2) is 54.6 Å². The molecule has 0 aliphatic carbocycles. The molecule has 7 nitrogen and oxygen atoms in total. The average molecular weight is 459 g/mol. The van der Waals surface area contributed by atoms with E-state index < -0.39 is 12.1 Å². The lowest BCUT2D eigenvalue weighted by Gasteiger charge is -2.15. The molecule has 8 heteroatoms. The van der Waals surface area contributed by atoms with Gasteiger partial charge in [-0.05, 0) is 48.4 Å². The van der Waals surface area contributed by atoms with Crippen molar-refractivity contribution in [3.8, 4) is 11.4 Å². The van der Waals surface area contributed by atoms with Crippen LogP contribution >= 0.6 is 0 Å². The molecule has 3 aromatic carbocycles. The molecule has 0 radical (unpaired) electrons. The highest BCUT2D eigenvalue weighted by atomic mass is 19.1. The lowest BCUT2D eigenvalue weighted by Crippen LogP contribution is -2.12. The third-order valence-electron chi connectivity index (χ3n) is 6.45. The van der Waals surface area contributed by atoms with Crippen molar-refractivity contribution < 1.29 is 23.8 Å². The highest BCUT2D eigenvalue weighted by Gasteiger charge is 2.29. The Kier molecular flexibility index (Phi) is 4.77. The number of hydrogen-bond acceptors (Lipinski definition) is 5. The van der Waals surface area contributed by atoms with Crippen molar-refractivity contribution in [2.75, 3.05) is 11.9 Å². The summed E-state index contributed by atoms with van der Waals surface area (Å²) in [5, 5.41) is 12.6. The standard InChI is InChI=1S/C26H22FN3O4/c1-14-28-20-8-5-16(27)10-23(20)30(14)22-4-2-3-19-21(13-34-26(19)22)29-17-6-7-18-15(9-17)12-33-24(18)11-25(31)32/h2-10,21,24,29H,11-13H2,1H3,(H,31,32)/t21-,24+/m1/s1. The van der Waals surface area contributed by atoms with Crippen molar-refractivity contribution in [1.29, 1.82) is 0 Å². The minimum atomic E-state index is -0.876. The van der Waals surface area contributed by atoms with E-state index in [0.717, 1.165) is 45.2 Å². The van der Waals surface area contributed by atoms with Crippen LogP contribution in [-0.2, 0) is 16.1 Å². The normalized spacial score (nSPS) is 18.5. The van der Waals surface area contributed by atoms with Gasteiger partial charge in [-0.1, -0.05) is 18.2 Å². The molecule has 0 saturated heterocycles. The Bertz CT molecular complexity index is 1450. The molecule has 0 amide bonds. The van der Waals surface area contributed by atoms with Gasteiger partial charge in [0.2, 0.25) is 0 Å². The number of nitrogens with one attached hydrogen (secondary N) is 1. The molecular formula is C26H22FN3O4. The van der Waals surface area contributed by atoms with Crippen molar-refractivity contribution in [2.24, 2.45) is 0 Å². The number of halogens is 1. The molecule has 2 aliphatic heterocycles. The number of anilines is 1. The van der Waals surface area contributed by atoms with Crippen molar-refractivity contribution in [2.45, 2.75) is 32.1 Å². The fourth-order valence-electron chi connectivity index (χ4n) is 4.94. The molecule has 3 heterocycles. The van der Waals surface area contributed by atoms with Crippen LogP contribution in [0.4, 0.5) is 10.1 Å². The molecule has 0 fully saturated rings. The summed E-state index contributed by atoms with van der Waals surface area (Å²) >= 11 is 0. The van der Waals surface area contributed by atoms with Crippen LogP contribution < -0.4 is 10.1 Å². The summed E-state index contributed by atoms with van der Waals surface area (Å²) < 4.78 is 27.7. The van der Waals surface area contributed by atoms with Crippen LogP contribution in [0.2, 0.25) is 0 Å². The maximum atomic E-state index is 14.0. The summed E-state index contributed by atoms with van der Waals surface area (Å²) in [6.07, 6.45) is -0.448. The predicted molar refractivity (Wildman–Crippen MR) is 124 cm³/mol. The van der Waals surface area contributed by atoms with Gasteiger partial charge in [-0.15, -0.1) is 0 Å². The second-order valence-corrected chi connectivity index (χ2v) is 8.64. The summed E-state index contributed by atoms with van der Waals surface area (Å²) in [5.74, 6) is 0.313. The van der Waals surface area contributed by atoms with Gasteiger partial charge in [0.1, 0.15) is 24.0 Å². The third-order valence-corrected chi connectivity index (χ3v) is 6.45. The zero-order chi connectivity index (χ0) is 23.4. The number of fused-ring (bicyclic) bond motifs is 3. The molecule has 0 spiro atoms. The lowest BCUT2D eigenvalue weighted by molar-refractivity contribution is -0.140. The van der Waals surface area contributed by atoms with E-state index in [4.69, 9.17) is 14.6 Å². The van der Waals surface area contributed by atoms with Gasteiger partial charge in [0, 0.05) is 17.3 Å². The van der Waals surface area contributed by atoms with E-state index >= 15 is 0 Å². The van der Waals surface area contributed by atoms with Crippen molar-refractivity contribution >= 4 is 22.7 Å². The maximum absolute atomic E-state index is 14.0. The largest absolute Gasteiger partial charge is 0.489 e.